The lowest BCUT2D eigenvalue weighted by Crippen LogP contribution is -2.48. The summed E-state index contributed by atoms with van der Waals surface area (Å²) in [5.41, 5.74) is 2.92. The molecule has 0 spiro atoms. The van der Waals surface area contributed by atoms with Crippen molar-refractivity contribution in [3.63, 3.8) is 0 Å². The summed E-state index contributed by atoms with van der Waals surface area (Å²) in [4.78, 5) is 16.7. The third kappa shape index (κ3) is 3.39. The monoisotopic (exact) mass is 341 g/mol. The van der Waals surface area contributed by atoms with Crippen LogP contribution in [0.15, 0.2) is 28.8 Å². The molecule has 1 aromatic carbocycles. The van der Waals surface area contributed by atoms with E-state index in [4.69, 9.17) is 4.52 Å². The number of carbonyl (C=O) groups is 1. The third-order valence-corrected chi connectivity index (χ3v) is 5.16. The number of benzene rings is 1. The van der Waals surface area contributed by atoms with Gasteiger partial charge in [-0.05, 0) is 37.5 Å². The van der Waals surface area contributed by atoms with Crippen molar-refractivity contribution >= 4 is 5.91 Å². The van der Waals surface area contributed by atoms with E-state index >= 15 is 0 Å². The molecule has 6 nitrogen and oxygen atoms in total. The van der Waals surface area contributed by atoms with Gasteiger partial charge in [-0.2, -0.15) is 0 Å². The fourth-order valence-electron chi connectivity index (χ4n) is 3.72. The second-order valence-corrected chi connectivity index (χ2v) is 6.86. The lowest BCUT2D eigenvalue weighted by atomic mass is 9.96. The van der Waals surface area contributed by atoms with Crippen molar-refractivity contribution in [3.8, 4) is 5.75 Å². The number of phenolic OH excluding ortho intramolecular Hbond substituents is 1. The fraction of sp³-hybridized carbons (Fsp3) is 0.474. The lowest BCUT2D eigenvalue weighted by molar-refractivity contribution is 0.0625. The maximum atomic E-state index is 12.5. The standard InChI is InChI=1S/C19H23N3O3/c23-15-5-3-4-14(12-15)19(24)22-10-8-21(9-11-22)13-17-16-6-1-2-7-18(16)25-20-17/h3-5,12,23H,1-2,6-11,13H2. The number of phenols is 1. The first-order chi connectivity index (χ1) is 12.2. The Hall–Kier alpha value is -2.34. The molecule has 2 heterocycles. The van der Waals surface area contributed by atoms with Crippen LogP contribution in [0.5, 0.6) is 5.75 Å². The summed E-state index contributed by atoms with van der Waals surface area (Å²) in [5.74, 6) is 1.17. The first kappa shape index (κ1) is 16.1. The Kier molecular flexibility index (Phi) is 4.44. The van der Waals surface area contributed by atoms with E-state index in [1.165, 1.54) is 24.5 Å². The lowest BCUT2D eigenvalue weighted by Gasteiger charge is -2.34. The molecular formula is C19H23N3O3. The van der Waals surface area contributed by atoms with Gasteiger partial charge < -0.3 is 14.5 Å². The molecule has 0 unspecified atom stereocenters. The zero-order valence-electron chi connectivity index (χ0n) is 14.3. The second-order valence-electron chi connectivity index (χ2n) is 6.86. The highest BCUT2D eigenvalue weighted by molar-refractivity contribution is 5.94. The van der Waals surface area contributed by atoms with Crippen molar-refractivity contribution < 1.29 is 14.4 Å². The summed E-state index contributed by atoms with van der Waals surface area (Å²) >= 11 is 0. The molecule has 1 aliphatic heterocycles. The van der Waals surface area contributed by atoms with Crippen LogP contribution in [0.1, 0.15) is 40.2 Å². The van der Waals surface area contributed by atoms with E-state index in [1.807, 2.05) is 4.90 Å². The number of aryl methyl sites for hydroxylation is 1. The van der Waals surface area contributed by atoms with Crippen LogP contribution in [0.2, 0.25) is 0 Å². The minimum Gasteiger partial charge on any atom is -0.508 e. The minimum atomic E-state index is -0.0191. The predicted molar refractivity (Wildman–Crippen MR) is 92.4 cm³/mol. The summed E-state index contributed by atoms with van der Waals surface area (Å²) in [6.45, 7) is 3.83. The van der Waals surface area contributed by atoms with Crippen molar-refractivity contribution in [1.29, 1.82) is 0 Å². The number of hydrogen-bond donors (Lipinski definition) is 1. The number of nitrogens with zero attached hydrogens (tertiary/aromatic N) is 3. The number of aromatic hydroxyl groups is 1. The third-order valence-electron chi connectivity index (χ3n) is 5.16. The van der Waals surface area contributed by atoms with Crippen molar-refractivity contribution in [1.82, 2.24) is 15.0 Å². The van der Waals surface area contributed by atoms with Crippen LogP contribution in [0.25, 0.3) is 0 Å². The number of hydrogen-bond acceptors (Lipinski definition) is 5. The number of amides is 1. The minimum absolute atomic E-state index is 0.0191. The molecule has 1 amide bonds. The molecule has 4 rings (SSSR count). The molecule has 1 fully saturated rings. The molecule has 2 aliphatic rings. The van der Waals surface area contributed by atoms with Gasteiger partial charge in [-0.1, -0.05) is 11.2 Å². The van der Waals surface area contributed by atoms with Crippen molar-refractivity contribution in [3.05, 3.63) is 46.8 Å². The highest BCUT2D eigenvalue weighted by atomic mass is 16.5. The molecule has 132 valence electrons. The van der Waals surface area contributed by atoms with Gasteiger partial charge >= 0.3 is 0 Å². The number of piperazine rings is 1. The molecule has 2 aromatic rings. The summed E-state index contributed by atoms with van der Waals surface area (Å²) in [5, 5.41) is 13.8. The zero-order chi connectivity index (χ0) is 17.2. The molecule has 0 bridgehead atoms. The summed E-state index contributed by atoms with van der Waals surface area (Å²) in [6, 6.07) is 6.55. The van der Waals surface area contributed by atoms with Gasteiger partial charge in [0.2, 0.25) is 0 Å². The predicted octanol–water partition coefficient (Wildman–Crippen LogP) is 2.22. The van der Waals surface area contributed by atoms with Crippen molar-refractivity contribution in [2.75, 3.05) is 26.2 Å². The van der Waals surface area contributed by atoms with Crippen molar-refractivity contribution in [2.24, 2.45) is 0 Å². The first-order valence-corrected chi connectivity index (χ1v) is 8.97. The molecule has 0 radical (unpaired) electrons. The van der Waals surface area contributed by atoms with Crippen molar-refractivity contribution in [2.45, 2.75) is 32.2 Å². The highest BCUT2D eigenvalue weighted by Gasteiger charge is 2.25. The zero-order valence-corrected chi connectivity index (χ0v) is 14.3. The summed E-state index contributed by atoms with van der Waals surface area (Å²) in [7, 11) is 0. The molecule has 1 N–H and O–H groups in total. The molecule has 1 saturated heterocycles. The maximum Gasteiger partial charge on any atom is 0.254 e. The van der Waals surface area contributed by atoms with Crippen LogP contribution in [0.3, 0.4) is 0 Å². The molecule has 1 aromatic heterocycles. The molecular weight excluding hydrogens is 318 g/mol. The largest absolute Gasteiger partial charge is 0.508 e. The van der Waals surface area contributed by atoms with E-state index < -0.39 is 0 Å². The van der Waals surface area contributed by atoms with Crippen LogP contribution < -0.4 is 0 Å². The first-order valence-electron chi connectivity index (χ1n) is 8.97. The normalized spacial score (nSPS) is 18.2. The molecule has 0 saturated carbocycles. The fourth-order valence-corrected chi connectivity index (χ4v) is 3.72. The Morgan fingerprint density at radius 2 is 1.96 bits per heavy atom. The molecule has 6 heteroatoms. The van der Waals surface area contributed by atoms with Crippen LogP contribution in [0, 0.1) is 0 Å². The van der Waals surface area contributed by atoms with Gasteiger partial charge in [0, 0.05) is 50.3 Å². The Morgan fingerprint density at radius 1 is 1.16 bits per heavy atom. The Bertz CT molecular complexity index is 763. The van der Waals surface area contributed by atoms with Crippen LogP contribution in [-0.2, 0) is 19.4 Å². The van der Waals surface area contributed by atoms with E-state index in [-0.39, 0.29) is 11.7 Å². The summed E-state index contributed by atoms with van der Waals surface area (Å²) in [6.07, 6.45) is 4.49. The average molecular weight is 341 g/mol. The maximum absolute atomic E-state index is 12.5. The van der Waals surface area contributed by atoms with E-state index in [1.54, 1.807) is 18.2 Å². The van der Waals surface area contributed by atoms with Crippen LogP contribution in [-0.4, -0.2) is 52.1 Å². The van der Waals surface area contributed by atoms with E-state index in [2.05, 4.69) is 10.1 Å². The topological polar surface area (TPSA) is 69.8 Å². The number of fused-ring (bicyclic) bond motifs is 1. The Labute approximate surface area is 147 Å². The second kappa shape index (κ2) is 6.88. The summed E-state index contributed by atoms with van der Waals surface area (Å²) < 4.78 is 5.49. The molecule has 25 heavy (non-hydrogen) atoms. The van der Waals surface area contributed by atoms with Gasteiger partial charge in [-0.15, -0.1) is 0 Å². The Morgan fingerprint density at radius 3 is 2.76 bits per heavy atom. The highest BCUT2D eigenvalue weighted by Crippen LogP contribution is 2.25. The van der Waals surface area contributed by atoms with E-state index in [9.17, 15) is 9.90 Å². The smallest absolute Gasteiger partial charge is 0.254 e. The van der Waals surface area contributed by atoms with E-state index in [0.717, 1.165) is 43.9 Å². The van der Waals surface area contributed by atoms with E-state index in [0.29, 0.717) is 18.7 Å². The van der Waals surface area contributed by atoms with Gasteiger partial charge in [0.25, 0.3) is 5.91 Å². The van der Waals surface area contributed by atoms with Crippen LogP contribution >= 0.6 is 0 Å². The number of aromatic nitrogens is 1. The van der Waals surface area contributed by atoms with Gasteiger partial charge in [0.15, 0.2) is 0 Å². The van der Waals surface area contributed by atoms with Crippen LogP contribution in [0.4, 0.5) is 0 Å². The quantitative estimate of drug-likeness (QED) is 0.927. The average Bonchev–Trinajstić information content (AvgIpc) is 3.05. The van der Waals surface area contributed by atoms with Gasteiger partial charge in [0.1, 0.15) is 17.2 Å². The van der Waals surface area contributed by atoms with Gasteiger partial charge in [-0.25, -0.2) is 0 Å². The molecule has 1 aliphatic carbocycles. The van der Waals surface area contributed by atoms with Gasteiger partial charge in [-0.3, -0.25) is 9.69 Å². The Balaban J connectivity index is 1.35. The molecule has 0 atom stereocenters. The van der Waals surface area contributed by atoms with Gasteiger partial charge in [0.05, 0.1) is 0 Å². The number of rotatable bonds is 3. The SMILES string of the molecule is O=C(c1cccc(O)c1)N1CCN(Cc2noc3c2CCCC3)CC1. The number of carbonyl (C=O) groups excluding carboxylic acids is 1.